The third kappa shape index (κ3) is 3.86. The zero-order chi connectivity index (χ0) is 14.1. The molecule has 5 heteroatoms. The first-order valence-electron chi connectivity index (χ1n) is 7.35. The topological polar surface area (TPSA) is 18.5 Å². The van der Waals surface area contributed by atoms with Gasteiger partial charge in [0.25, 0.3) is 5.92 Å². The zero-order valence-electron chi connectivity index (χ0n) is 12.4. The molecule has 0 aromatic rings. The lowest BCUT2D eigenvalue weighted by atomic mass is 9.89. The first kappa shape index (κ1) is 15.1. The molecule has 0 bridgehead atoms. The van der Waals surface area contributed by atoms with E-state index in [9.17, 15) is 8.78 Å². The van der Waals surface area contributed by atoms with E-state index in [1.54, 1.807) is 0 Å². The van der Waals surface area contributed by atoms with Crippen molar-refractivity contribution < 1.29 is 8.78 Å². The standard InChI is InChI=1S/C14H27F2N3/c1-13(2,3)19-7-4-12(14(15,16)11-19)10-18-8-5-17-6-9-18/h12,17H,4-11H2,1-3H3/t12-/m0/s1. The van der Waals surface area contributed by atoms with Gasteiger partial charge in [0.1, 0.15) is 0 Å². The predicted octanol–water partition coefficient (Wildman–Crippen LogP) is 1.65. The van der Waals surface area contributed by atoms with Crippen molar-refractivity contribution >= 4 is 0 Å². The monoisotopic (exact) mass is 275 g/mol. The molecule has 2 saturated heterocycles. The molecule has 2 fully saturated rings. The number of piperazine rings is 1. The summed E-state index contributed by atoms with van der Waals surface area (Å²) in [5.41, 5.74) is -0.163. The van der Waals surface area contributed by atoms with Crippen LogP contribution in [0.15, 0.2) is 0 Å². The molecule has 0 aliphatic carbocycles. The average Bonchev–Trinajstić information content (AvgIpc) is 2.31. The molecule has 1 N–H and O–H groups in total. The van der Waals surface area contributed by atoms with Gasteiger partial charge in [0, 0.05) is 44.2 Å². The normalized spacial score (nSPS) is 30.5. The maximum atomic E-state index is 14.3. The van der Waals surface area contributed by atoms with Crippen LogP contribution >= 0.6 is 0 Å². The van der Waals surface area contributed by atoms with E-state index in [2.05, 4.69) is 10.2 Å². The van der Waals surface area contributed by atoms with E-state index >= 15 is 0 Å². The molecule has 2 aliphatic rings. The van der Waals surface area contributed by atoms with Crippen molar-refractivity contribution in [2.75, 3.05) is 45.8 Å². The number of hydrogen-bond donors (Lipinski definition) is 1. The number of rotatable bonds is 2. The molecule has 0 radical (unpaired) electrons. The predicted molar refractivity (Wildman–Crippen MR) is 73.7 cm³/mol. The van der Waals surface area contributed by atoms with Crippen LogP contribution in [0.5, 0.6) is 0 Å². The van der Waals surface area contributed by atoms with E-state index in [1.165, 1.54) is 0 Å². The molecule has 0 aromatic carbocycles. The van der Waals surface area contributed by atoms with E-state index in [1.807, 2.05) is 25.7 Å². The highest BCUT2D eigenvalue weighted by Crippen LogP contribution is 2.36. The summed E-state index contributed by atoms with van der Waals surface area (Å²) in [4.78, 5) is 4.10. The fraction of sp³-hybridized carbons (Fsp3) is 1.00. The van der Waals surface area contributed by atoms with E-state index in [0.29, 0.717) is 13.0 Å². The molecule has 2 rings (SSSR count). The second-order valence-corrected chi connectivity index (χ2v) is 6.89. The van der Waals surface area contributed by atoms with Gasteiger partial charge in [0.15, 0.2) is 0 Å². The second-order valence-electron chi connectivity index (χ2n) is 6.89. The fourth-order valence-corrected chi connectivity index (χ4v) is 2.99. The highest BCUT2D eigenvalue weighted by molar-refractivity contribution is 4.92. The number of likely N-dealkylation sites (tertiary alicyclic amines) is 1. The highest BCUT2D eigenvalue weighted by Gasteiger charge is 2.47. The summed E-state index contributed by atoms with van der Waals surface area (Å²) in [7, 11) is 0. The van der Waals surface area contributed by atoms with Gasteiger partial charge < -0.3 is 10.2 Å². The van der Waals surface area contributed by atoms with Crippen molar-refractivity contribution in [1.29, 1.82) is 0 Å². The summed E-state index contributed by atoms with van der Waals surface area (Å²) in [5.74, 6) is -3.04. The molecule has 0 amide bonds. The van der Waals surface area contributed by atoms with Gasteiger partial charge in [-0.1, -0.05) is 0 Å². The summed E-state index contributed by atoms with van der Waals surface area (Å²) in [6, 6.07) is 0. The van der Waals surface area contributed by atoms with E-state index < -0.39 is 11.8 Å². The van der Waals surface area contributed by atoms with E-state index in [4.69, 9.17) is 0 Å². The number of halogens is 2. The summed E-state index contributed by atoms with van der Waals surface area (Å²) in [6.07, 6.45) is 0.605. The van der Waals surface area contributed by atoms with Crippen LogP contribution in [-0.2, 0) is 0 Å². The number of hydrogen-bond acceptors (Lipinski definition) is 3. The van der Waals surface area contributed by atoms with Crippen LogP contribution < -0.4 is 5.32 Å². The molecule has 1 atom stereocenters. The van der Waals surface area contributed by atoms with Gasteiger partial charge >= 0.3 is 0 Å². The van der Waals surface area contributed by atoms with Gasteiger partial charge in [-0.25, -0.2) is 8.78 Å². The lowest BCUT2D eigenvalue weighted by Crippen LogP contribution is -2.57. The van der Waals surface area contributed by atoms with Crippen LogP contribution in [-0.4, -0.2) is 67.1 Å². The van der Waals surface area contributed by atoms with Crippen LogP contribution in [0.1, 0.15) is 27.2 Å². The molecule has 2 heterocycles. The van der Waals surface area contributed by atoms with Crippen LogP contribution in [0.2, 0.25) is 0 Å². The SMILES string of the molecule is CC(C)(C)N1CC[C@@H](CN2CCNCC2)C(F)(F)C1. The Hall–Kier alpha value is -0.260. The lowest BCUT2D eigenvalue weighted by Gasteiger charge is -2.46. The molecule has 0 unspecified atom stereocenters. The highest BCUT2D eigenvalue weighted by atomic mass is 19.3. The van der Waals surface area contributed by atoms with Crippen molar-refractivity contribution in [3.63, 3.8) is 0 Å². The third-order valence-corrected chi connectivity index (χ3v) is 4.38. The van der Waals surface area contributed by atoms with Crippen LogP contribution in [0.4, 0.5) is 8.78 Å². The van der Waals surface area contributed by atoms with Gasteiger partial charge in [0.2, 0.25) is 0 Å². The Labute approximate surface area is 115 Å². The first-order chi connectivity index (χ1) is 8.79. The van der Waals surface area contributed by atoms with Crippen LogP contribution in [0.25, 0.3) is 0 Å². The van der Waals surface area contributed by atoms with Crippen molar-refractivity contribution in [3.8, 4) is 0 Å². The molecular weight excluding hydrogens is 248 g/mol. The lowest BCUT2D eigenvalue weighted by molar-refractivity contribution is -0.134. The maximum absolute atomic E-state index is 14.3. The third-order valence-electron chi connectivity index (χ3n) is 4.38. The molecule has 0 aromatic heterocycles. The van der Waals surface area contributed by atoms with E-state index in [-0.39, 0.29) is 12.1 Å². The first-order valence-corrected chi connectivity index (χ1v) is 7.35. The Balaban J connectivity index is 1.92. The molecule has 0 saturated carbocycles. The van der Waals surface area contributed by atoms with Gasteiger partial charge in [0.05, 0.1) is 6.54 Å². The number of alkyl halides is 2. The summed E-state index contributed by atoms with van der Waals surface area (Å²) < 4.78 is 28.6. The van der Waals surface area contributed by atoms with Crippen LogP contribution in [0, 0.1) is 5.92 Å². The van der Waals surface area contributed by atoms with E-state index in [0.717, 1.165) is 32.7 Å². The minimum atomic E-state index is -2.56. The molecule has 0 spiro atoms. The molecule has 112 valence electrons. The fourth-order valence-electron chi connectivity index (χ4n) is 2.99. The molecule has 3 nitrogen and oxygen atoms in total. The summed E-state index contributed by atoms with van der Waals surface area (Å²) >= 11 is 0. The van der Waals surface area contributed by atoms with Gasteiger partial charge in [-0.05, 0) is 33.7 Å². The Kier molecular flexibility index (Phi) is 4.48. The Morgan fingerprint density at radius 2 is 1.79 bits per heavy atom. The van der Waals surface area contributed by atoms with Crippen molar-refractivity contribution in [2.45, 2.75) is 38.7 Å². The van der Waals surface area contributed by atoms with Crippen molar-refractivity contribution in [2.24, 2.45) is 5.92 Å². The quantitative estimate of drug-likeness (QED) is 0.826. The minimum Gasteiger partial charge on any atom is -0.314 e. The Bertz CT molecular complexity index is 296. The summed E-state index contributed by atoms with van der Waals surface area (Å²) in [5, 5.41) is 3.26. The smallest absolute Gasteiger partial charge is 0.264 e. The average molecular weight is 275 g/mol. The van der Waals surface area contributed by atoms with Gasteiger partial charge in [-0.3, -0.25) is 4.90 Å². The Morgan fingerprint density at radius 3 is 2.32 bits per heavy atom. The molecule has 19 heavy (non-hydrogen) atoms. The summed E-state index contributed by atoms with van der Waals surface area (Å²) in [6.45, 7) is 10.9. The van der Waals surface area contributed by atoms with Gasteiger partial charge in [-0.15, -0.1) is 0 Å². The molecule has 2 aliphatic heterocycles. The Morgan fingerprint density at radius 1 is 1.16 bits per heavy atom. The van der Waals surface area contributed by atoms with Crippen molar-refractivity contribution in [3.05, 3.63) is 0 Å². The van der Waals surface area contributed by atoms with Crippen LogP contribution in [0.3, 0.4) is 0 Å². The molecular formula is C14H27F2N3. The van der Waals surface area contributed by atoms with Gasteiger partial charge in [-0.2, -0.15) is 0 Å². The number of nitrogens with one attached hydrogen (secondary N) is 1. The maximum Gasteiger partial charge on any atom is 0.264 e. The van der Waals surface area contributed by atoms with Crippen molar-refractivity contribution in [1.82, 2.24) is 15.1 Å². The number of nitrogens with zero attached hydrogens (tertiary/aromatic N) is 2. The number of piperidine rings is 1. The zero-order valence-corrected chi connectivity index (χ0v) is 12.4. The largest absolute Gasteiger partial charge is 0.314 e. The minimum absolute atomic E-state index is 0.0900. The second kappa shape index (κ2) is 5.62.